The first kappa shape index (κ1) is 13.5. The Morgan fingerprint density at radius 3 is 2.72 bits per heavy atom. The molecule has 0 aliphatic heterocycles. The van der Waals surface area contributed by atoms with E-state index in [0.717, 1.165) is 25.7 Å². The van der Waals surface area contributed by atoms with Gasteiger partial charge in [-0.3, -0.25) is 9.59 Å². The first-order valence-corrected chi connectivity index (χ1v) is 7.01. The quantitative estimate of drug-likeness (QED) is 0.616. The molecule has 2 fully saturated rings. The lowest BCUT2D eigenvalue weighted by Gasteiger charge is -2.39. The van der Waals surface area contributed by atoms with Crippen LogP contribution in [0.2, 0.25) is 0 Å². The number of ether oxygens (including phenoxy) is 1. The van der Waals surface area contributed by atoms with E-state index in [1.54, 1.807) is 6.92 Å². The minimum absolute atomic E-state index is 0.0156. The molecule has 4 nitrogen and oxygen atoms in total. The third-order valence-corrected chi connectivity index (χ3v) is 4.47. The second-order valence-electron chi connectivity index (χ2n) is 5.43. The van der Waals surface area contributed by atoms with Gasteiger partial charge in [-0.05, 0) is 32.6 Å². The van der Waals surface area contributed by atoms with Crippen LogP contribution < -0.4 is 0 Å². The number of aliphatic hydroxyl groups excluding tert-OH is 1. The Balaban J connectivity index is 2.31. The monoisotopic (exact) mass is 254 g/mol. The van der Waals surface area contributed by atoms with Crippen LogP contribution in [0.3, 0.4) is 0 Å². The largest absolute Gasteiger partial charge is 0.465 e. The van der Waals surface area contributed by atoms with Crippen LogP contribution >= 0.6 is 0 Å². The number of hydrogen-bond acceptors (Lipinski definition) is 4. The van der Waals surface area contributed by atoms with Crippen LogP contribution in [0.15, 0.2) is 0 Å². The van der Waals surface area contributed by atoms with E-state index in [1.165, 1.54) is 0 Å². The summed E-state index contributed by atoms with van der Waals surface area (Å²) in [6.45, 7) is 2.04. The van der Waals surface area contributed by atoms with E-state index >= 15 is 0 Å². The van der Waals surface area contributed by atoms with Crippen LogP contribution in [0.1, 0.15) is 51.9 Å². The number of hydrogen-bond donors (Lipinski definition) is 1. The van der Waals surface area contributed by atoms with Gasteiger partial charge in [0.1, 0.15) is 5.41 Å². The zero-order chi connectivity index (χ0) is 13.2. The smallest absolute Gasteiger partial charge is 0.320 e. The molecule has 0 amide bonds. The van der Waals surface area contributed by atoms with Crippen molar-refractivity contribution in [3.8, 4) is 0 Å². The van der Waals surface area contributed by atoms with Crippen molar-refractivity contribution < 1.29 is 19.4 Å². The summed E-state index contributed by atoms with van der Waals surface area (Å²) in [5, 5.41) is 10.1. The summed E-state index contributed by atoms with van der Waals surface area (Å²) in [7, 11) is 0. The van der Waals surface area contributed by atoms with Crippen molar-refractivity contribution in [3.05, 3.63) is 0 Å². The molecule has 18 heavy (non-hydrogen) atoms. The molecule has 0 saturated heterocycles. The minimum atomic E-state index is -1.05. The molecule has 2 aliphatic carbocycles. The second kappa shape index (κ2) is 5.39. The van der Waals surface area contributed by atoms with Crippen LogP contribution in [0.25, 0.3) is 0 Å². The number of aliphatic hydroxyl groups is 1. The maximum atomic E-state index is 12.4. The van der Waals surface area contributed by atoms with Crippen molar-refractivity contribution >= 4 is 11.8 Å². The molecule has 0 aromatic rings. The van der Waals surface area contributed by atoms with Crippen LogP contribution in [-0.4, -0.2) is 29.6 Å². The zero-order valence-electron chi connectivity index (χ0n) is 11.0. The zero-order valence-corrected chi connectivity index (χ0v) is 11.0. The van der Waals surface area contributed by atoms with Crippen LogP contribution in [0.5, 0.6) is 0 Å². The molecule has 2 aliphatic rings. The summed E-state index contributed by atoms with van der Waals surface area (Å²) in [5.41, 5.74) is -1.05. The summed E-state index contributed by atoms with van der Waals surface area (Å²) in [6, 6.07) is 0. The Morgan fingerprint density at radius 2 is 2.17 bits per heavy atom. The van der Waals surface area contributed by atoms with E-state index in [2.05, 4.69) is 0 Å². The fraction of sp³-hybridized carbons (Fsp3) is 0.857. The molecule has 4 heteroatoms. The number of ketones is 1. The third-order valence-electron chi connectivity index (χ3n) is 4.47. The summed E-state index contributed by atoms with van der Waals surface area (Å²) < 4.78 is 5.14. The molecular formula is C14H22O4. The molecule has 2 rings (SSSR count). The lowest BCUT2D eigenvalue weighted by molar-refractivity contribution is -0.169. The molecule has 0 spiro atoms. The van der Waals surface area contributed by atoms with E-state index in [0.29, 0.717) is 19.3 Å². The Kier molecular flexibility index (Phi) is 4.05. The topological polar surface area (TPSA) is 63.6 Å². The predicted octanol–water partition coefficient (Wildman–Crippen LogP) is 1.84. The molecule has 0 aromatic heterocycles. The molecule has 3 atom stereocenters. The van der Waals surface area contributed by atoms with Crippen molar-refractivity contribution in [1.29, 1.82) is 0 Å². The fourth-order valence-electron chi connectivity index (χ4n) is 3.59. The lowest BCUT2D eigenvalue weighted by Crippen LogP contribution is -2.50. The number of rotatable bonds is 3. The number of carbonyl (C=O) groups is 2. The third kappa shape index (κ3) is 2.07. The SMILES string of the molecule is CCOC(=O)C1(C2CCCC2O)CCCCC1=O. The molecule has 2 saturated carbocycles. The average Bonchev–Trinajstić information content (AvgIpc) is 2.77. The normalized spacial score (nSPS) is 36.7. The van der Waals surface area contributed by atoms with Gasteiger partial charge in [0.05, 0.1) is 12.7 Å². The fourth-order valence-corrected chi connectivity index (χ4v) is 3.59. The van der Waals surface area contributed by atoms with Gasteiger partial charge < -0.3 is 9.84 Å². The first-order chi connectivity index (χ1) is 8.63. The van der Waals surface area contributed by atoms with Gasteiger partial charge >= 0.3 is 5.97 Å². The maximum absolute atomic E-state index is 12.4. The minimum Gasteiger partial charge on any atom is -0.465 e. The van der Waals surface area contributed by atoms with Gasteiger partial charge in [0.25, 0.3) is 0 Å². The Hall–Kier alpha value is -0.900. The van der Waals surface area contributed by atoms with E-state index < -0.39 is 17.5 Å². The van der Waals surface area contributed by atoms with Crippen LogP contribution in [0.4, 0.5) is 0 Å². The van der Waals surface area contributed by atoms with Crippen molar-refractivity contribution in [2.75, 3.05) is 6.61 Å². The van der Waals surface area contributed by atoms with E-state index in [4.69, 9.17) is 4.74 Å². The summed E-state index contributed by atoms with van der Waals surface area (Å²) in [5.74, 6) is -0.650. The molecule has 0 aromatic carbocycles. The highest BCUT2D eigenvalue weighted by Gasteiger charge is 2.56. The second-order valence-corrected chi connectivity index (χ2v) is 5.43. The van der Waals surface area contributed by atoms with Gasteiger partial charge in [-0.15, -0.1) is 0 Å². The van der Waals surface area contributed by atoms with Gasteiger partial charge in [0, 0.05) is 12.3 Å². The molecule has 102 valence electrons. The lowest BCUT2D eigenvalue weighted by atomic mass is 9.63. The Labute approximate surface area is 108 Å². The van der Waals surface area contributed by atoms with Gasteiger partial charge in [-0.2, -0.15) is 0 Å². The van der Waals surface area contributed by atoms with Crippen molar-refractivity contribution in [2.45, 2.75) is 58.0 Å². The highest BCUT2D eigenvalue weighted by Crippen LogP contribution is 2.48. The summed E-state index contributed by atoms with van der Waals surface area (Å²) in [6.07, 6.45) is 4.52. The van der Waals surface area contributed by atoms with E-state index in [1.807, 2.05) is 0 Å². The number of Topliss-reactive ketones (excluding diaryl/α,β-unsaturated/α-hetero) is 1. The van der Waals surface area contributed by atoms with Gasteiger partial charge in [0.2, 0.25) is 0 Å². The van der Waals surface area contributed by atoms with Gasteiger partial charge in [-0.1, -0.05) is 12.8 Å². The van der Waals surface area contributed by atoms with Crippen molar-refractivity contribution in [2.24, 2.45) is 11.3 Å². The standard InChI is InChI=1S/C14H22O4/c1-2-18-13(17)14(9-4-3-8-12(14)16)10-6-5-7-11(10)15/h10-11,15H,2-9H2,1H3. The molecule has 3 unspecified atom stereocenters. The summed E-state index contributed by atoms with van der Waals surface area (Å²) >= 11 is 0. The molecule has 0 radical (unpaired) electrons. The number of esters is 1. The van der Waals surface area contributed by atoms with E-state index in [-0.39, 0.29) is 18.3 Å². The van der Waals surface area contributed by atoms with Crippen LogP contribution in [-0.2, 0) is 14.3 Å². The molecule has 0 bridgehead atoms. The molecule has 0 heterocycles. The highest BCUT2D eigenvalue weighted by atomic mass is 16.5. The first-order valence-electron chi connectivity index (χ1n) is 7.01. The molecule has 1 N–H and O–H groups in total. The van der Waals surface area contributed by atoms with Crippen LogP contribution in [0, 0.1) is 11.3 Å². The summed E-state index contributed by atoms with van der Waals surface area (Å²) in [4.78, 5) is 24.7. The predicted molar refractivity (Wildman–Crippen MR) is 65.9 cm³/mol. The van der Waals surface area contributed by atoms with Crippen molar-refractivity contribution in [1.82, 2.24) is 0 Å². The maximum Gasteiger partial charge on any atom is 0.320 e. The average molecular weight is 254 g/mol. The van der Waals surface area contributed by atoms with E-state index in [9.17, 15) is 14.7 Å². The Bertz CT molecular complexity index is 339. The Morgan fingerprint density at radius 1 is 1.39 bits per heavy atom. The molecular weight excluding hydrogens is 232 g/mol. The van der Waals surface area contributed by atoms with Gasteiger partial charge in [0.15, 0.2) is 5.78 Å². The van der Waals surface area contributed by atoms with Gasteiger partial charge in [-0.25, -0.2) is 0 Å². The number of carbonyl (C=O) groups excluding carboxylic acids is 2. The highest BCUT2D eigenvalue weighted by molar-refractivity contribution is 6.04. The van der Waals surface area contributed by atoms with Crippen molar-refractivity contribution in [3.63, 3.8) is 0 Å².